The van der Waals surface area contributed by atoms with Crippen molar-refractivity contribution in [2.45, 2.75) is 56.8 Å². The first-order valence-corrected chi connectivity index (χ1v) is 7.13. The number of carbonyl (C=O) groups is 2. The molecule has 0 amide bonds. The summed E-state index contributed by atoms with van der Waals surface area (Å²) in [6.07, 6.45) is 1.56. The lowest BCUT2D eigenvalue weighted by Gasteiger charge is -2.46. The third-order valence-corrected chi connectivity index (χ3v) is 5.42. The highest BCUT2D eigenvalue weighted by Crippen LogP contribution is 2.53. The summed E-state index contributed by atoms with van der Waals surface area (Å²) in [5, 5.41) is 11.1. The Balaban J connectivity index is 2.06. The topological polar surface area (TPSA) is 72.8 Å². The first-order valence-electron chi connectivity index (χ1n) is 7.13. The number of esters is 2. The van der Waals surface area contributed by atoms with Gasteiger partial charge in [-0.2, -0.15) is 0 Å². The second kappa shape index (κ2) is 4.07. The van der Waals surface area contributed by atoms with E-state index in [1.54, 1.807) is 6.92 Å². The van der Waals surface area contributed by atoms with E-state index in [1.165, 1.54) is 0 Å². The molecule has 0 radical (unpaired) electrons. The Morgan fingerprint density at radius 2 is 2.05 bits per heavy atom. The molecule has 1 aliphatic carbocycles. The molecular formula is C15H20O5. The average molecular weight is 280 g/mol. The SMILES string of the molecule is C=C1C(=O)O[C@@H]2[C@H]1CC[C@H](C)C1(CCC(=O)O1)[C@@]2(C)O. The number of aliphatic hydroxyl groups is 1. The molecule has 1 saturated carbocycles. The van der Waals surface area contributed by atoms with Gasteiger partial charge in [-0.05, 0) is 25.7 Å². The van der Waals surface area contributed by atoms with E-state index in [0.29, 0.717) is 24.8 Å². The second-order valence-corrected chi connectivity index (χ2v) is 6.45. The van der Waals surface area contributed by atoms with E-state index < -0.39 is 23.3 Å². The van der Waals surface area contributed by atoms with Crippen LogP contribution in [0.25, 0.3) is 0 Å². The van der Waals surface area contributed by atoms with Gasteiger partial charge >= 0.3 is 11.9 Å². The molecule has 0 aromatic rings. The van der Waals surface area contributed by atoms with Crippen LogP contribution in [0.3, 0.4) is 0 Å². The number of rotatable bonds is 0. The van der Waals surface area contributed by atoms with Crippen molar-refractivity contribution in [3.63, 3.8) is 0 Å². The summed E-state index contributed by atoms with van der Waals surface area (Å²) in [7, 11) is 0. The zero-order valence-electron chi connectivity index (χ0n) is 11.8. The summed E-state index contributed by atoms with van der Waals surface area (Å²) in [5.74, 6) is -0.923. The van der Waals surface area contributed by atoms with Gasteiger partial charge in [0, 0.05) is 24.3 Å². The van der Waals surface area contributed by atoms with Crippen molar-refractivity contribution in [2.24, 2.45) is 11.8 Å². The number of hydrogen-bond donors (Lipinski definition) is 1. The van der Waals surface area contributed by atoms with Crippen LogP contribution in [0.2, 0.25) is 0 Å². The molecule has 2 aliphatic heterocycles. The van der Waals surface area contributed by atoms with Crippen LogP contribution in [0, 0.1) is 11.8 Å². The fourth-order valence-corrected chi connectivity index (χ4v) is 4.14. The molecule has 1 spiro atoms. The number of fused-ring (bicyclic) bond motifs is 1. The molecule has 5 heteroatoms. The monoisotopic (exact) mass is 280 g/mol. The molecule has 0 aromatic heterocycles. The van der Waals surface area contributed by atoms with Gasteiger partial charge in [0.25, 0.3) is 0 Å². The standard InChI is InChI=1S/C15H20O5/c1-8-4-5-10-9(2)13(17)19-12(10)14(3,18)15(8)7-6-11(16)20-15/h8,10,12,18H,2,4-7H2,1,3H3/t8-,10-,12+,14-,15?/m0/s1. The van der Waals surface area contributed by atoms with Gasteiger partial charge in [0.2, 0.25) is 0 Å². The molecule has 2 heterocycles. The highest BCUT2D eigenvalue weighted by Gasteiger charge is 2.66. The van der Waals surface area contributed by atoms with Crippen LogP contribution in [0.5, 0.6) is 0 Å². The van der Waals surface area contributed by atoms with Crippen LogP contribution < -0.4 is 0 Å². The molecule has 20 heavy (non-hydrogen) atoms. The molecule has 0 aromatic carbocycles. The van der Waals surface area contributed by atoms with Gasteiger partial charge in [-0.25, -0.2) is 4.79 Å². The lowest BCUT2D eigenvalue weighted by Crippen LogP contribution is -2.62. The predicted octanol–water partition coefficient (Wildman–Crippen LogP) is 1.34. The van der Waals surface area contributed by atoms with E-state index in [9.17, 15) is 14.7 Å². The third kappa shape index (κ3) is 1.53. The molecule has 110 valence electrons. The molecule has 3 aliphatic rings. The van der Waals surface area contributed by atoms with Gasteiger partial charge in [-0.3, -0.25) is 4.79 Å². The highest BCUT2D eigenvalue weighted by atomic mass is 16.6. The molecule has 0 bridgehead atoms. The summed E-state index contributed by atoms with van der Waals surface area (Å²) in [5.41, 5.74) is -1.94. The van der Waals surface area contributed by atoms with E-state index in [1.807, 2.05) is 6.92 Å². The summed E-state index contributed by atoms with van der Waals surface area (Å²) in [6.45, 7) is 7.40. The largest absolute Gasteiger partial charge is 0.456 e. The molecule has 1 N–H and O–H groups in total. The van der Waals surface area contributed by atoms with Crippen LogP contribution in [-0.2, 0) is 19.1 Å². The fourth-order valence-electron chi connectivity index (χ4n) is 4.14. The lowest BCUT2D eigenvalue weighted by molar-refractivity contribution is -0.219. The smallest absolute Gasteiger partial charge is 0.334 e. The Kier molecular flexibility index (Phi) is 2.77. The summed E-state index contributed by atoms with van der Waals surface area (Å²) in [6, 6.07) is 0. The van der Waals surface area contributed by atoms with Gasteiger partial charge in [0.1, 0.15) is 17.3 Å². The number of carbonyl (C=O) groups excluding carboxylic acids is 2. The predicted molar refractivity (Wildman–Crippen MR) is 69.6 cm³/mol. The normalized spacial score (nSPS) is 48.0. The Labute approximate surface area is 117 Å². The average Bonchev–Trinajstić information content (AvgIpc) is 2.89. The third-order valence-electron chi connectivity index (χ3n) is 5.42. The molecule has 5 nitrogen and oxygen atoms in total. The van der Waals surface area contributed by atoms with Crippen molar-refractivity contribution < 1.29 is 24.2 Å². The number of hydrogen-bond acceptors (Lipinski definition) is 5. The van der Waals surface area contributed by atoms with E-state index in [0.717, 1.165) is 6.42 Å². The first kappa shape index (κ1) is 13.6. The Morgan fingerprint density at radius 3 is 2.65 bits per heavy atom. The summed E-state index contributed by atoms with van der Waals surface area (Å²) in [4.78, 5) is 23.4. The maximum absolute atomic E-state index is 11.7. The van der Waals surface area contributed by atoms with Gasteiger partial charge in [0.05, 0.1) is 0 Å². The maximum atomic E-state index is 11.7. The minimum absolute atomic E-state index is 0.0149. The van der Waals surface area contributed by atoms with Crippen molar-refractivity contribution in [2.75, 3.05) is 0 Å². The van der Waals surface area contributed by atoms with Crippen molar-refractivity contribution in [1.82, 2.24) is 0 Å². The highest BCUT2D eigenvalue weighted by molar-refractivity contribution is 5.91. The molecule has 5 atom stereocenters. The van der Waals surface area contributed by atoms with Crippen molar-refractivity contribution in [3.8, 4) is 0 Å². The minimum atomic E-state index is -1.39. The van der Waals surface area contributed by atoms with Crippen molar-refractivity contribution in [3.05, 3.63) is 12.2 Å². The molecular weight excluding hydrogens is 260 g/mol. The van der Waals surface area contributed by atoms with Crippen molar-refractivity contribution in [1.29, 1.82) is 0 Å². The fraction of sp³-hybridized carbons (Fsp3) is 0.733. The van der Waals surface area contributed by atoms with Crippen LogP contribution in [0.15, 0.2) is 12.2 Å². The molecule has 3 fully saturated rings. The minimum Gasteiger partial charge on any atom is -0.456 e. The summed E-state index contributed by atoms with van der Waals surface area (Å²) >= 11 is 0. The zero-order chi connectivity index (χ0) is 14.7. The van der Waals surface area contributed by atoms with E-state index >= 15 is 0 Å². The Bertz CT molecular complexity index is 494. The van der Waals surface area contributed by atoms with Crippen LogP contribution in [0.1, 0.15) is 39.5 Å². The number of ether oxygens (including phenoxy) is 2. The maximum Gasteiger partial charge on any atom is 0.334 e. The Morgan fingerprint density at radius 1 is 1.35 bits per heavy atom. The molecule has 2 saturated heterocycles. The van der Waals surface area contributed by atoms with Gasteiger partial charge in [0.15, 0.2) is 0 Å². The van der Waals surface area contributed by atoms with Crippen LogP contribution in [0.4, 0.5) is 0 Å². The molecule has 1 unspecified atom stereocenters. The van der Waals surface area contributed by atoms with Crippen LogP contribution in [-0.4, -0.2) is 34.4 Å². The van der Waals surface area contributed by atoms with Gasteiger partial charge < -0.3 is 14.6 Å². The first-order chi connectivity index (χ1) is 9.29. The summed E-state index contributed by atoms with van der Waals surface area (Å²) < 4.78 is 10.9. The van der Waals surface area contributed by atoms with E-state index in [-0.39, 0.29) is 17.8 Å². The molecule has 3 rings (SSSR count). The van der Waals surface area contributed by atoms with Crippen molar-refractivity contribution >= 4 is 11.9 Å². The van der Waals surface area contributed by atoms with Gasteiger partial charge in [-0.1, -0.05) is 13.5 Å². The van der Waals surface area contributed by atoms with E-state index in [2.05, 4.69) is 6.58 Å². The second-order valence-electron chi connectivity index (χ2n) is 6.45. The quantitative estimate of drug-likeness (QED) is 0.535. The van der Waals surface area contributed by atoms with Gasteiger partial charge in [-0.15, -0.1) is 0 Å². The zero-order valence-corrected chi connectivity index (χ0v) is 11.8. The van der Waals surface area contributed by atoms with Crippen LogP contribution >= 0.6 is 0 Å². The van der Waals surface area contributed by atoms with E-state index in [4.69, 9.17) is 9.47 Å². The lowest BCUT2D eigenvalue weighted by atomic mass is 9.70. The Hall–Kier alpha value is -1.36.